The van der Waals surface area contributed by atoms with Crippen LogP contribution >= 0.6 is 22.6 Å². The molecule has 0 aromatic rings. The number of hydrogen-bond acceptors (Lipinski definition) is 0. The molecule has 0 unspecified atom stereocenters. The summed E-state index contributed by atoms with van der Waals surface area (Å²) in [5.41, 5.74) is 1.26. The normalized spacial score (nSPS) is 54.6. The molecule has 20 heavy (non-hydrogen) atoms. The molecule has 0 aliphatic heterocycles. The van der Waals surface area contributed by atoms with Gasteiger partial charge in [-0.15, -0.1) is 0 Å². The summed E-state index contributed by atoms with van der Waals surface area (Å²) in [7, 11) is 0. The zero-order valence-electron chi connectivity index (χ0n) is 13.1. The Morgan fingerprint density at radius 3 is 2.70 bits per heavy atom. The molecule has 0 aromatic carbocycles. The van der Waals surface area contributed by atoms with Crippen LogP contribution in [0.2, 0.25) is 0 Å². The molecule has 0 amide bonds. The first-order valence-corrected chi connectivity index (χ1v) is 10.00. The van der Waals surface area contributed by atoms with Gasteiger partial charge in [-0.3, -0.25) is 0 Å². The predicted octanol–water partition coefficient (Wildman–Crippen LogP) is 6.35. The lowest BCUT2D eigenvalue weighted by Gasteiger charge is -2.60. The van der Waals surface area contributed by atoms with E-state index in [4.69, 9.17) is 0 Å². The van der Waals surface area contributed by atoms with E-state index in [-0.39, 0.29) is 0 Å². The highest BCUT2D eigenvalue weighted by Crippen LogP contribution is 2.66. The summed E-state index contributed by atoms with van der Waals surface area (Å²) in [5, 5.41) is 0. The molecule has 3 saturated carbocycles. The Kier molecular flexibility index (Phi) is 3.33. The molecule has 0 bridgehead atoms. The van der Waals surface area contributed by atoms with Crippen LogP contribution in [0.25, 0.3) is 0 Å². The van der Waals surface area contributed by atoms with Crippen molar-refractivity contribution in [2.24, 2.45) is 34.5 Å². The number of fused-ring (bicyclic) bond motifs is 5. The smallest absolute Gasteiger partial charge is 0.00135 e. The summed E-state index contributed by atoms with van der Waals surface area (Å²) in [4.78, 5) is 0. The van der Waals surface area contributed by atoms with Crippen molar-refractivity contribution in [3.8, 4) is 0 Å². The first-order valence-electron chi connectivity index (χ1n) is 8.92. The Labute approximate surface area is 138 Å². The van der Waals surface area contributed by atoms with Crippen LogP contribution in [-0.2, 0) is 0 Å². The summed E-state index contributed by atoms with van der Waals surface area (Å²) in [6.45, 7) is 5.26. The van der Waals surface area contributed by atoms with Gasteiger partial charge >= 0.3 is 0 Å². The van der Waals surface area contributed by atoms with Gasteiger partial charge in [0.25, 0.3) is 0 Å². The molecule has 4 aliphatic carbocycles. The van der Waals surface area contributed by atoms with Gasteiger partial charge in [-0.05, 0) is 100 Å². The van der Waals surface area contributed by atoms with Crippen molar-refractivity contribution >= 4 is 22.6 Å². The highest BCUT2D eigenvalue weighted by Gasteiger charge is 2.57. The maximum Gasteiger partial charge on any atom is 0.00135 e. The van der Waals surface area contributed by atoms with Crippen LogP contribution in [0.1, 0.15) is 71.6 Å². The van der Waals surface area contributed by atoms with Gasteiger partial charge < -0.3 is 0 Å². The molecule has 0 spiro atoms. The molecular weight excluding hydrogens is 355 g/mol. The summed E-state index contributed by atoms with van der Waals surface area (Å²) in [6, 6.07) is 0. The summed E-state index contributed by atoms with van der Waals surface area (Å²) < 4.78 is 1.69. The molecule has 0 nitrogen and oxygen atoms in total. The van der Waals surface area contributed by atoms with Crippen molar-refractivity contribution in [1.29, 1.82) is 0 Å². The average Bonchev–Trinajstić information content (AvgIpc) is 2.74. The molecular formula is C19H29I. The third kappa shape index (κ3) is 1.77. The van der Waals surface area contributed by atoms with Gasteiger partial charge in [0.1, 0.15) is 0 Å². The van der Waals surface area contributed by atoms with E-state index >= 15 is 0 Å². The molecule has 6 atom stereocenters. The maximum absolute atomic E-state index is 2.68. The van der Waals surface area contributed by atoms with E-state index in [0.29, 0.717) is 10.8 Å². The molecule has 0 saturated heterocycles. The third-order valence-corrected chi connectivity index (χ3v) is 9.74. The SMILES string of the molecule is C[C@]12CCCC[C@@H]1CC[C@H]1[C@H]2CC[C@]2(C)C(I)=CC[C@H]12. The fourth-order valence-corrected chi connectivity index (χ4v) is 7.73. The topological polar surface area (TPSA) is 0 Å². The van der Waals surface area contributed by atoms with Gasteiger partial charge in [-0.25, -0.2) is 0 Å². The number of halogens is 1. The Bertz CT molecular complexity index is 439. The van der Waals surface area contributed by atoms with E-state index in [9.17, 15) is 0 Å². The monoisotopic (exact) mass is 384 g/mol. The van der Waals surface area contributed by atoms with Crippen molar-refractivity contribution in [2.75, 3.05) is 0 Å². The number of rotatable bonds is 0. The zero-order valence-corrected chi connectivity index (χ0v) is 15.3. The van der Waals surface area contributed by atoms with Crippen LogP contribution in [-0.4, -0.2) is 0 Å². The van der Waals surface area contributed by atoms with Gasteiger partial charge in [0, 0.05) is 5.41 Å². The average molecular weight is 384 g/mol. The van der Waals surface area contributed by atoms with Crippen LogP contribution in [0.15, 0.2) is 9.66 Å². The summed E-state index contributed by atoms with van der Waals surface area (Å²) in [5.74, 6) is 4.13. The van der Waals surface area contributed by atoms with E-state index in [1.165, 1.54) is 44.9 Å². The highest BCUT2D eigenvalue weighted by atomic mass is 127. The van der Waals surface area contributed by atoms with E-state index in [2.05, 4.69) is 42.5 Å². The molecule has 1 heteroatoms. The standard InChI is InChI=1S/C19H29I/c1-18-11-4-3-5-13(18)6-7-14-15-8-9-17(20)19(15,2)12-10-16(14)18/h9,13-16H,3-8,10-12H2,1-2H3/t13-,14-,15-,16-,18+,19+/m1/s1. The van der Waals surface area contributed by atoms with Crippen LogP contribution < -0.4 is 0 Å². The minimum absolute atomic E-state index is 0.555. The van der Waals surface area contributed by atoms with Gasteiger partial charge in [0.15, 0.2) is 0 Å². The Balaban J connectivity index is 1.65. The minimum atomic E-state index is 0.555. The lowest BCUT2D eigenvalue weighted by Crippen LogP contribution is -2.52. The molecule has 0 heterocycles. The number of hydrogen-bond donors (Lipinski definition) is 0. The third-order valence-electron chi connectivity index (χ3n) is 8.07. The highest BCUT2D eigenvalue weighted by molar-refractivity contribution is 14.1. The van der Waals surface area contributed by atoms with Crippen molar-refractivity contribution in [3.63, 3.8) is 0 Å². The molecule has 0 radical (unpaired) electrons. The van der Waals surface area contributed by atoms with Crippen LogP contribution in [0.3, 0.4) is 0 Å². The summed E-state index contributed by atoms with van der Waals surface area (Å²) >= 11 is 2.65. The lowest BCUT2D eigenvalue weighted by atomic mass is 9.45. The first-order chi connectivity index (χ1) is 9.56. The van der Waals surface area contributed by atoms with E-state index < -0.39 is 0 Å². The van der Waals surface area contributed by atoms with Gasteiger partial charge in [0.05, 0.1) is 0 Å². The fourth-order valence-electron chi connectivity index (χ4n) is 6.81. The second-order valence-electron chi connectivity index (χ2n) is 8.65. The largest absolute Gasteiger partial charge is 0.0743 e. The quantitative estimate of drug-likeness (QED) is 0.427. The molecule has 4 rings (SSSR count). The van der Waals surface area contributed by atoms with Crippen molar-refractivity contribution in [1.82, 2.24) is 0 Å². The molecule has 0 N–H and O–H groups in total. The Morgan fingerprint density at radius 1 is 1.00 bits per heavy atom. The fraction of sp³-hybridized carbons (Fsp3) is 0.895. The van der Waals surface area contributed by atoms with E-state index in [1.807, 2.05) is 0 Å². The Morgan fingerprint density at radius 2 is 1.85 bits per heavy atom. The predicted molar refractivity (Wildman–Crippen MR) is 93.8 cm³/mol. The first kappa shape index (κ1) is 14.1. The molecule has 3 fully saturated rings. The summed E-state index contributed by atoms with van der Waals surface area (Å²) in [6.07, 6.45) is 16.1. The van der Waals surface area contributed by atoms with Crippen molar-refractivity contribution in [2.45, 2.75) is 71.6 Å². The van der Waals surface area contributed by atoms with Crippen LogP contribution in [0, 0.1) is 34.5 Å². The van der Waals surface area contributed by atoms with E-state index in [1.54, 1.807) is 16.4 Å². The van der Waals surface area contributed by atoms with Crippen LogP contribution in [0.5, 0.6) is 0 Å². The molecule has 4 aliphatic rings. The Hall–Kier alpha value is 0.470. The minimum Gasteiger partial charge on any atom is -0.0743 e. The second kappa shape index (κ2) is 4.73. The van der Waals surface area contributed by atoms with Gasteiger partial charge in [-0.2, -0.15) is 0 Å². The number of allylic oxidation sites excluding steroid dienone is 2. The molecule has 112 valence electrons. The molecule has 0 aromatic heterocycles. The van der Waals surface area contributed by atoms with Gasteiger partial charge in [0.2, 0.25) is 0 Å². The van der Waals surface area contributed by atoms with Crippen molar-refractivity contribution < 1.29 is 0 Å². The van der Waals surface area contributed by atoms with Crippen molar-refractivity contribution in [3.05, 3.63) is 9.66 Å². The zero-order chi connectivity index (χ0) is 14.0. The van der Waals surface area contributed by atoms with Gasteiger partial charge in [-0.1, -0.05) is 32.8 Å². The van der Waals surface area contributed by atoms with E-state index in [0.717, 1.165) is 23.7 Å². The van der Waals surface area contributed by atoms with Crippen LogP contribution in [0.4, 0.5) is 0 Å². The lowest BCUT2D eigenvalue weighted by molar-refractivity contribution is -0.0972. The maximum atomic E-state index is 2.68. The second-order valence-corrected chi connectivity index (χ2v) is 9.81.